The van der Waals surface area contributed by atoms with Crippen LogP contribution in [0.5, 0.6) is 0 Å². The summed E-state index contributed by atoms with van der Waals surface area (Å²) in [6.45, 7) is 23.6. The molecule has 0 spiro atoms. The average molecular weight is 262 g/mol. The summed E-state index contributed by atoms with van der Waals surface area (Å²) in [5, 5.41) is 0. The highest BCUT2D eigenvalue weighted by molar-refractivity contribution is 5.40. The van der Waals surface area contributed by atoms with E-state index in [0.29, 0.717) is 11.3 Å². The molecule has 0 aromatic rings. The quantitative estimate of drug-likeness (QED) is 0.474. The third kappa shape index (κ3) is 3.74. The zero-order valence-electron chi connectivity index (χ0n) is 14.9. The first-order chi connectivity index (χ1) is 8.24. The molecule has 0 aliphatic heterocycles. The predicted molar refractivity (Wildman–Crippen MR) is 87.3 cm³/mol. The van der Waals surface area contributed by atoms with Gasteiger partial charge in [-0.25, -0.2) is 0 Å². The molecule has 0 N–H and O–H groups in total. The van der Waals surface area contributed by atoms with Crippen LogP contribution in [0, 0.1) is 22.2 Å². The molecule has 0 aromatic heterocycles. The van der Waals surface area contributed by atoms with E-state index in [0.717, 1.165) is 0 Å². The summed E-state index contributed by atoms with van der Waals surface area (Å²) < 4.78 is 0. The molecular formula is C19H34. The van der Waals surface area contributed by atoms with Crippen molar-refractivity contribution in [3.8, 4) is 0 Å². The molecule has 0 fully saturated rings. The lowest BCUT2D eigenvalue weighted by Gasteiger charge is -2.42. The van der Waals surface area contributed by atoms with Crippen LogP contribution in [0.1, 0.15) is 75.7 Å². The summed E-state index contributed by atoms with van der Waals surface area (Å²) in [5.74, 6) is 0.668. The van der Waals surface area contributed by atoms with E-state index in [2.05, 4.69) is 75.3 Å². The van der Waals surface area contributed by atoms with Gasteiger partial charge >= 0.3 is 0 Å². The van der Waals surface area contributed by atoms with Gasteiger partial charge in [0.05, 0.1) is 0 Å². The number of rotatable bonds is 0. The average Bonchev–Trinajstić information content (AvgIpc) is 2.11. The standard InChI is InChI=1S/C19H34/c1-13-15(18(5,6)7)11-14(17(2,3)4)12-16(13)19(8,9)10/h11,16H,12H2,1-10H3. The summed E-state index contributed by atoms with van der Waals surface area (Å²) in [4.78, 5) is 0. The summed E-state index contributed by atoms with van der Waals surface area (Å²) in [6, 6.07) is 0. The maximum absolute atomic E-state index is 2.50. The van der Waals surface area contributed by atoms with Gasteiger partial charge in [0.25, 0.3) is 0 Å². The van der Waals surface area contributed by atoms with Crippen molar-refractivity contribution in [2.24, 2.45) is 22.2 Å². The van der Waals surface area contributed by atoms with Crippen LogP contribution in [0.4, 0.5) is 0 Å². The Hall–Kier alpha value is -0.520. The highest BCUT2D eigenvalue weighted by Crippen LogP contribution is 2.48. The Morgan fingerprint density at radius 2 is 1.32 bits per heavy atom. The topological polar surface area (TPSA) is 0 Å². The molecule has 1 aliphatic rings. The molecule has 0 saturated carbocycles. The minimum atomic E-state index is 0.241. The van der Waals surface area contributed by atoms with Crippen LogP contribution in [0.15, 0.2) is 22.8 Å². The second-order valence-corrected chi connectivity index (χ2v) is 9.39. The Kier molecular flexibility index (Phi) is 4.17. The molecule has 110 valence electrons. The molecular weight excluding hydrogens is 228 g/mol. The lowest BCUT2D eigenvalue weighted by atomic mass is 9.63. The highest BCUT2D eigenvalue weighted by Gasteiger charge is 2.36. The monoisotopic (exact) mass is 262 g/mol. The Balaban J connectivity index is 3.40. The molecule has 0 bridgehead atoms. The van der Waals surface area contributed by atoms with Crippen LogP contribution in [0.25, 0.3) is 0 Å². The zero-order valence-corrected chi connectivity index (χ0v) is 14.9. The van der Waals surface area contributed by atoms with E-state index in [4.69, 9.17) is 0 Å². The van der Waals surface area contributed by atoms with E-state index in [9.17, 15) is 0 Å². The minimum Gasteiger partial charge on any atom is -0.0656 e. The van der Waals surface area contributed by atoms with E-state index in [1.807, 2.05) is 0 Å². The number of hydrogen-bond donors (Lipinski definition) is 0. The van der Waals surface area contributed by atoms with Crippen LogP contribution in [-0.2, 0) is 0 Å². The third-order valence-electron chi connectivity index (χ3n) is 4.51. The van der Waals surface area contributed by atoms with Gasteiger partial charge in [0.15, 0.2) is 0 Å². The van der Waals surface area contributed by atoms with Crippen molar-refractivity contribution in [3.63, 3.8) is 0 Å². The molecule has 1 rings (SSSR count). The van der Waals surface area contributed by atoms with Crippen molar-refractivity contribution in [2.45, 2.75) is 75.7 Å². The van der Waals surface area contributed by atoms with Gasteiger partial charge in [0.2, 0.25) is 0 Å². The zero-order chi connectivity index (χ0) is 15.2. The summed E-state index contributed by atoms with van der Waals surface area (Å²) in [7, 11) is 0. The predicted octanol–water partition coefficient (Wildman–Crippen LogP) is 6.39. The van der Waals surface area contributed by atoms with Crippen molar-refractivity contribution >= 4 is 0 Å². The van der Waals surface area contributed by atoms with Gasteiger partial charge in [-0.3, -0.25) is 0 Å². The second kappa shape index (κ2) is 4.79. The van der Waals surface area contributed by atoms with Gasteiger partial charge in [0, 0.05) is 0 Å². The van der Waals surface area contributed by atoms with Crippen molar-refractivity contribution < 1.29 is 0 Å². The molecule has 0 saturated heterocycles. The van der Waals surface area contributed by atoms with Gasteiger partial charge in [-0.1, -0.05) is 79.5 Å². The Morgan fingerprint density at radius 3 is 1.63 bits per heavy atom. The fraction of sp³-hybridized carbons (Fsp3) is 0.789. The van der Waals surface area contributed by atoms with Crippen LogP contribution >= 0.6 is 0 Å². The molecule has 1 atom stereocenters. The second-order valence-electron chi connectivity index (χ2n) is 9.39. The number of allylic oxidation sites excluding steroid dienone is 4. The van der Waals surface area contributed by atoms with Crippen LogP contribution in [-0.4, -0.2) is 0 Å². The lowest BCUT2D eigenvalue weighted by Crippen LogP contribution is -2.30. The summed E-state index contributed by atoms with van der Waals surface area (Å²) in [6.07, 6.45) is 3.72. The lowest BCUT2D eigenvalue weighted by molar-refractivity contribution is 0.255. The van der Waals surface area contributed by atoms with Crippen LogP contribution in [0.2, 0.25) is 0 Å². The van der Waals surface area contributed by atoms with E-state index in [1.54, 1.807) is 16.7 Å². The molecule has 0 aromatic carbocycles. The van der Waals surface area contributed by atoms with Crippen molar-refractivity contribution in [1.82, 2.24) is 0 Å². The van der Waals surface area contributed by atoms with E-state index in [-0.39, 0.29) is 10.8 Å². The Labute approximate surface area is 121 Å². The smallest absolute Gasteiger partial charge is 0.0114 e. The van der Waals surface area contributed by atoms with Gasteiger partial charge in [-0.2, -0.15) is 0 Å². The minimum absolute atomic E-state index is 0.241. The van der Waals surface area contributed by atoms with Gasteiger partial charge in [0.1, 0.15) is 0 Å². The van der Waals surface area contributed by atoms with Crippen molar-refractivity contribution in [1.29, 1.82) is 0 Å². The fourth-order valence-corrected chi connectivity index (χ4v) is 3.19. The van der Waals surface area contributed by atoms with Gasteiger partial charge in [-0.05, 0) is 41.1 Å². The molecule has 0 amide bonds. The summed E-state index contributed by atoms with van der Waals surface area (Å²) >= 11 is 0. The van der Waals surface area contributed by atoms with Crippen molar-refractivity contribution in [2.75, 3.05) is 0 Å². The molecule has 0 radical (unpaired) electrons. The first-order valence-corrected chi connectivity index (χ1v) is 7.67. The molecule has 19 heavy (non-hydrogen) atoms. The number of hydrogen-bond acceptors (Lipinski definition) is 0. The van der Waals surface area contributed by atoms with Crippen LogP contribution < -0.4 is 0 Å². The third-order valence-corrected chi connectivity index (χ3v) is 4.51. The maximum atomic E-state index is 2.50. The van der Waals surface area contributed by atoms with Crippen LogP contribution in [0.3, 0.4) is 0 Å². The first-order valence-electron chi connectivity index (χ1n) is 7.67. The molecule has 0 heterocycles. The maximum Gasteiger partial charge on any atom is -0.0114 e. The summed E-state index contributed by atoms with van der Waals surface area (Å²) in [5.41, 5.74) is 5.64. The molecule has 0 heteroatoms. The molecule has 1 unspecified atom stereocenters. The van der Waals surface area contributed by atoms with Gasteiger partial charge in [-0.15, -0.1) is 0 Å². The first kappa shape index (κ1) is 16.5. The largest absolute Gasteiger partial charge is 0.0656 e. The van der Waals surface area contributed by atoms with Crippen molar-refractivity contribution in [3.05, 3.63) is 22.8 Å². The SMILES string of the molecule is CC1=C(C(C)(C)C)C=C(C(C)(C)C)CC1C(C)(C)C. The van der Waals surface area contributed by atoms with E-state index >= 15 is 0 Å². The molecule has 0 nitrogen and oxygen atoms in total. The Morgan fingerprint density at radius 1 is 0.842 bits per heavy atom. The Bertz CT molecular complexity index is 397. The van der Waals surface area contributed by atoms with E-state index < -0.39 is 0 Å². The fourth-order valence-electron chi connectivity index (χ4n) is 3.19. The van der Waals surface area contributed by atoms with Gasteiger partial charge < -0.3 is 0 Å². The normalized spacial score (nSPS) is 22.6. The molecule has 1 aliphatic carbocycles. The highest BCUT2D eigenvalue weighted by atomic mass is 14.4. The van der Waals surface area contributed by atoms with E-state index in [1.165, 1.54) is 6.42 Å².